The van der Waals surface area contributed by atoms with Crippen molar-refractivity contribution in [3.8, 4) is 11.9 Å². The smallest absolute Gasteiger partial charge is 0.410 e. The second-order valence-electron chi connectivity index (χ2n) is 14.1. The van der Waals surface area contributed by atoms with Gasteiger partial charge in [-0.2, -0.15) is 9.97 Å². The number of carbonyl (C=O) groups excluding carboxylic acids is 2. The van der Waals surface area contributed by atoms with Gasteiger partial charge < -0.3 is 19.3 Å². The third-order valence-electron chi connectivity index (χ3n) is 11.1. The van der Waals surface area contributed by atoms with Gasteiger partial charge in [-0.05, 0) is 57.9 Å². The minimum Gasteiger partial charge on any atom is -0.442 e. The van der Waals surface area contributed by atoms with Crippen LogP contribution in [0.25, 0.3) is 0 Å². The number of nitrogens with zero attached hydrogens (tertiary/aromatic N) is 6. The van der Waals surface area contributed by atoms with E-state index in [0.29, 0.717) is 53.8 Å². The van der Waals surface area contributed by atoms with Gasteiger partial charge in [-0.15, -0.1) is 0 Å². The molecule has 10 nitrogen and oxygen atoms in total. The number of hydrogen-bond acceptors (Lipinski definition) is 8. The van der Waals surface area contributed by atoms with Gasteiger partial charge in [-0.1, -0.05) is 45.1 Å². The maximum absolute atomic E-state index is 13.6. The van der Waals surface area contributed by atoms with E-state index in [4.69, 9.17) is 9.47 Å². The second-order valence-corrected chi connectivity index (χ2v) is 14.1. The Morgan fingerprint density at radius 2 is 1.72 bits per heavy atom. The van der Waals surface area contributed by atoms with E-state index in [9.17, 15) is 9.59 Å². The van der Waals surface area contributed by atoms with Gasteiger partial charge in [0.1, 0.15) is 5.60 Å². The van der Waals surface area contributed by atoms with E-state index < -0.39 is 0 Å². The van der Waals surface area contributed by atoms with E-state index in [1.165, 1.54) is 44.9 Å². The van der Waals surface area contributed by atoms with E-state index in [-0.39, 0.29) is 23.6 Å². The molecular formula is C36H52N6O4. The molecule has 1 saturated carbocycles. The van der Waals surface area contributed by atoms with Crippen LogP contribution < -0.4 is 4.74 Å². The summed E-state index contributed by atoms with van der Waals surface area (Å²) in [4.78, 5) is 46.7. The molecule has 3 aliphatic heterocycles. The lowest BCUT2D eigenvalue weighted by molar-refractivity contribution is -0.127. The number of amides is 2. The van der Waals surface area contributed by atoms with Crippen molar-refractivity contribution in [2.75, 3.05) is 39.3 Å². The van der Waals surface area contributed by atoms with Crippen LogP contribution in [0.4, 0.5) is 4.79 Å². The van der Waals surface area contributed by atoms with Crippen molar-refractivity contribution in [3.05, 3.63) is 41.3 Å². The molecule has 0 aromatic carbocycles. The Kier molecular flexibility index (Phi) is 10.4. The molecule has 2 amide bonds. The van der Waals surface area contributed by atoms with Crippen LogP contribution in [0.2, 0.25) is 0 Å². The third kappa shape index (κ3) is 7.32. The van der Waals surface area contributed by atoms with E-state index in [1.807, 2.05) is 30.9 Å². The largest absolute Gasteiger partial charge is 0.442 e. The quantitative estimate of drug-likeness (QED) is 0.307. The fraction of sp³-hybridized carbons (Fsp3) is 0.694. The maximum atomic E-state index is 13.6. The van der Waals surface area contributed by atoms with E-state index in [2.05, 4.69) is 31.7 Å². The average Bonchev–Trinajstić information content (AvgIpc) is 3.06. The molecule has 46 heavy (non-hydrogen) atoms. The number of aryl methyl sites for hydroxylation is 2. The minimum absolute atomic E-state index is 0.0129. The molecule has 5 heterocycles. The Balaban J connectivity index is 1.03. The number of unbranched alkanes of at least 4 members (excludes halogenated alkanes) is 1. The molecule has 4 aliphatic rings. The van der Waals surface area contributed by atoms with Gasteiger partial charge in [-0.3, -0.25) is 9.69 Å². The average molecular weight is 633 g/mol. The summed E-state index contributed by atoms with van der Waals surface area (Å²) in [5.41, 5.74) is 1.46. The standard InChI is InChI=1S/C36H52N6O4/c1-4-5-13-29-25-42(24-28-11-7-6-8-12-28)35(44)46-36(29)17-22-40(23-18-36)30-15-20-41(21-16-30)33(43)32-26(2)38-34(39-27(32)3)45-31-14-9-10-19-37-31/h9-10,14,19,28-30H,4-8,11-13,15-18,20-25H2,1-3H3. The van der Waals surface area contributed by atoms with Crippen LogP contribution in [0.1, 0.15) is 106 Å². The number of piperidine rings is 2. The fourth-order valence-electron chi connectivity index (χ4n) is 8.38. The number of likely N-dealkylation sites (tertiary alicyclic amines) is 2. The van der Waals surface area contributed by atoms with Gasteiger partial charge >= 0.3 is 12.1 Å². The topological polar surface area (TPSA) is 101 Å². The zero-order valence-electron chi connectivity index (χ0n) is 28.1. The van der Waals surface area contributed by atoms with Gasteiger partial charge in [0, 0.05) is 76.3 Å². The Hall–Kier alpha value is -3.27. The normalized spacial score (nSPS) is 23.0. The molecule has 3 saturated heterocycles. The summed E-state index contributed by atoms with van der Waals surface area (Å²) in [6.45, 7) is 11.0. The summed E-state index contributed by atoms with van der Waals surface area (Å²) < 4.78 is 12.2. The summed E-state index contributed by atoms with van der Waals surface area (Å²) in [5, 5.41) is 0. The summed E-state index contributed by atoms with van der Waals surface area (Å²) in [6, 6.07) is 6.04. The van der Waals surface area contributed by atoms with Gasteiger partial charge in [0.2, 0.25) is 5.88 Å². The monoisotopic (exact) mass is 632 g/mol. The zero-order chi connectivity index (χ0) is 32.1. The van der Waals surface area contributed by atoms with Crippen molar-refractivity contribution in [1.29, 1.82) is 0 Å². The molecule has 6 rings (SSSR count). The van der Waals surface area contributed by atoms with Crippen molar-refractivity contribution in [2.24, 2.45) is 11.8 Å². The molecule has 1 spiro atoms. The zero-order valence-corrected chi connectivity index (χ0v) is 28.1. The van der Waals surface area contributed by atoms with Crippen LogP contribution in [0.3, 0.4) is 0 Å². The first-order valence-corrected chi connectivity index (χ1v) is 17.8. The number of pyridine rings is 1. The molecule has 1 unspecified atom stereocenters. The Labute approximate surface area is 274 Å². The summed E-state index contributed by atoms with van der Waals surface area (Å²) in [6.07, 6.45) is 15.2. The fourth-order valence-corrected chi connectivity index (χ4v) is 8.38. The Morgan fingerprint density at radius 1 is 1.00 bits per heavy atom. The SMILES string of the molecule is CCCCC1CN(CC2CCCCC2)C(=O)OC12CCN(C1CCN(C(=O)c3c(C)nc(Oc4ccccn4)nc3C)CC1)CC2. The highest BCUT2D eigenvalue weighted by Gasteiger charge is 2.50. The predicted molar refractivity (Wildman–Crippen MR) is 176 cm³/mol. The molecule has 0 N–H and O–H groups in total. The molecule has 2 aromatic rings. The van der Waals surface area contributed by atoms with E-state index in [0.717, 1.165) is 58.3 Å². The lowest BCUT2D eigenvalue weighted by Crippen LogP contribution is -2.61. The molecule has 250 valence electrons. The van der Waals surface area contributed by atoms with Crippen molar-refractivity contribution in [2.45, 2.75) is 109 Å². The lowest BCUT2D eigenvalue weighted by Gasteiger charge is -2.52. The minimum atomic E-state index is -0.329. The summed E-state index contributed by atoms with van der Waals surface area (Å²) >= 11 is 0. The van der Waals surface area contributed by atoms with Crippen LogP contribution >= 0.6 is 0 Å². The molecule has 0 radical (unpaired) electrons. The molecule has 2 aromatic heterocycles. The second kappa shape index (κ2) is 14.7. The number of hydrogen-bond donors (Lipinski definition) is 0. The first-order chi connectivity index (χ1) is 22.3. The van der Waals surface area contributed by atoms with Crippen LogP contribution in [0.5, 0.6) is 11.9 Å². The van der Waals surface area contributed by atoms with Crippen molar-refractivity contribution >= 4 is 12.0 Å². The van der Waals surface area contributed by atoms with Gasteiger partial charge in [0.05, 0.1) is 17.0 Å². The molecule has 10 heteroatoms. The van der Waals surface area contributed by atoms with Crippen LogP contribution in [-0.2, 0) is 4.74 Å². The van der Waals surface area contributed by atoms with Crippen LogP contribution in [0.15, 0.2) is 24.4 Å². The van der Waals surface area contributed by atoms with Gasteiger partial charge in [-0.25, -0.2) is 9.78 Å². The summed E-state index contributed by atoms with van der Waals surface area (Å²) in [5.74, 6) is 1.44. The molecule has 1 aliphatic carbocycles. The number of ether oxygens (including phenoxy) is 2. The first kappa shape index (κ1) is 32.7. The Morgan fingerprint density at radius 3 is 2.37 bits per heavy atom. The molecule has 0 bridgehead atoms. The highest BCUT2D eigenvalue weighted by Crippen LogP contribution is 2.42. The molecule has 4 fully saturated rings. The van der Waals surface area contributed by atoms with E-state index >= 15 is 0 Å². The highest BCUT2D eigenvalue weighted by atomic mass is 16.6. The van der Waals surface area contributed by atoms with Crippen LogP contribution in [-0.4, -0.2) is 92.6 Å². The summed E-state index contributed by atoms with van der Waals surface area (Å²) in [7, 11) is 0. The highest BCUT2D eigenvalue weighted by molar-refractivity contribution is 5.96. The van der Waals surface area contributed by atoms with Gasteiger partial charge in [0.15, 0.2) is 0 Å². The number of aromatic nitrogens is 3. The third-order valence-corrected chi connectivity index (χ3v) is 11.1. The van der Waals surface area contributed by atoms with Gasteiger partial charge in [0.25, 0.3) is 5.91 Å². The predicted octanol–water partition coefficient (Wildman–Crippen LogP) is 6.56. The number of carbonyl (C=O) groups is 2. The van der Waals surface area contributed by atoms with Crippen molar-refractivity contribution in [1.82, 2.24) is 29.7 Å². The molecular weight excluding hydrogens is 580 g/mol. The molecule has 1 atom stereocenters. The van der Waals surface area contributed by atoms with Crippen molar-refractivity contribution in [3.63, 3.8) is 0 Å². The number of rotatable bonds is 9. The van der Waals surface area contributed by atoms with Crippen LogP contribution in [0, 0.1) is 25.7 Å². The lowest BCUT2D eigenvalue weighted by atomic mass is 9.75. The van der Waals surface area contributed by atoms with Crippen molar-refractivity contribution < 1.29 is 19.1 Å². The first-order valence-electron chi connectivity index (χ1n) is 17.8. The van der Waals surface area contributed by atoms with E-state index in [1.54, 1.807) is 12.3 Å². The maximum Gasteiger partial charge on any atom is 0.410 e. The Bertz CT molecular complexity index is 1310.